The molecule has 0 bridgehead atoms. The molecule has 0 spiro atoms. The summed E-state index contributed by atoms with van der Waals surface area (Å²) in [6, 6.07) is 6.27. The Morgan fingerprint density at radius 1 is 1.28 bits per heavy atom. The predicted molar refractivity (Wildman–Crippen MR) is 106 cm³/mol. The summed E-state index contributed by atoms with van der Waals surface area (Å²) in [5, 5.41) is 12.1. The smallest absolute Gasteiger partial charge is 0.270 e. The van der Waals surface area contributed by atoms with Gasteiger partial charge in [0, 0.05) is 24.5 Å². The highest BCUT2D eigenvalue weighted by molar-refractivity contribution is 5.93. The molecule has 2 aromatic heterocycles. The second-order valence-corrected chi connectivity index (χ2v) is 7.68. The summed E-state index contributed by atoms with van der Waals surface area (Å²) >= 11 is 0. The van der Waals surface area contributed by atoms with Gasteiger partial charge in [-0.3, -0.25) is 15.2 Å². The summed E-state index contributed by atoms with van der Waals surface area (Å²) in [4.78, 5) is 21.2. The lowest BCUT2D eigenvalue weighted by Gasteiger charge is -2.33. The van der Waals surface area contributed by atoms with E-state index >= 15 is 0 Å². The van der Waals surface area contributed by atoms with E-state index < -0.39 is 0 Å². The van der Waals surface area contributed by atoms with Crippen LogP contribution in [0.3, 0.4) is 0 Å². The maximum atomic E-state index is 12.7. The number of amides is 1. The minimum Gasteiger partial charge on any atom is -0.495 e. The Hall–Kier alpha value is -3.02. The SMILES string of the molecule is COc1cncc(C2NNC3CCC(NC(=O)c4ncc(C#N)cc4C)CC32)c1. The van der Waals surface area contributed by atoms with Gasteiger partial charge in [0.05, 0.1) is 24.9 Å². The van der Waals surface area contributed by atoms with Crippen LogP contribution in [0.2, 0.25) is 0 Å². The van der Waals surface area contributed by atoms with Crippen molar-refractivity contribution in [3.05, 3.63) is 53.1 Å². The van der Waals surface area contributed by atoms with Gasteiger partial charge >= 0.3 is 0 Å². The van der Waals surface area contributed by atoms with Crippen molar-refractivity contribution < 1.29 is 9.53 Å². The van der Waals surface area contributed by atoms with Crippen molar-refractivity contribution in [3.63, 3.8) is 0 Å². The van der Waals surface area contributed by atoms with Crippen LogP contribution >= 0.6 is 0 Å². The highest BCUT2D eigenvalue weighted by atomic mass is 16.5. The second kappa shape index (κ2) is 8.15. The number of nitrogens with one attached hydrogen (secondary N) is 3. The standard InChI is InChI=1S/C21H24N6O2/c1-12-5-13(8-22)9-24-19(12)21(28)25-15-3-4-18-17(7-15)20(27-26-18)14-6-16(29-2)11-23-10-14/h5-6,9-11,15,17-18,20,26-27H,3-4,7H2,1-2H3,(H,25,28). The first-order chi connectivity index (χ1) is 14.1. The molecule has 8 heteroatoms. The summed E-state index contributed by atoms with van der Waals surface area (Å²) < 4.78 is 5.31. The fourth-order valence-electron chi connectivity index (χ4n) is 4.36. The Balaban J connectivity index is 1.46. The number of methoxy groups -OCH3 is 1. The zero-order valence-electron chi connectivity index (χ0n) is 16.5. The van der Waals surface area contributed by atoms with Crippen LogP contribution in [-0.2, 0) is 0 Å². The zero-order valence-corrected chi connectivity index (χ0v) is 16.5. The van der Waals surface area contributed by atoms with Crippen molar-refractivity contribution in [1.82, 2.24) is 26.1 Å². The van der Waals surface area contributed by atoms with Gasteiger partial charge in [-0.15, -0.1) is 0 Å². The summed E-state index contributed by atoms with van der Waals surface area (Å²) in [7, 11) is 1.63. The Morgan fingerprint density at radius 2 is 2.14 bits per heavy atom. The molecule has 1 saturated heterocycles. The van der Waals surface area contributed by atoms with Gasteiger partial charge < -0.3 is 10.1 Å². The van der Waals surface area contributed by atoms with Gasteiger partial charge in [-0.05, 0) is 55.4 Å². The number of carbonyl (C=O) groups is 1. The zero-order chi connectivity index (χ0) is 20.4. The van der Waals surface area contributed by atoms with Gasteiger partial charge in [0.1, 0.15) is 17.5 Å². The van der Waals surface area contributed by atoms with E-state index in [1.165, 1.54) is 6.20 Å². The molecule has 3 N–H and O–H groups in total. The van der Waals surface area contributed by atoms with Gasteiger partial charge in [0.15, 0.2) is 0 Å². The van der Waals surface area contributed by atoms with Crippen LogP contribution in [0.25, 0.3) is 0 Å². The minimum atomic E-state index is -0.186. The Kier molecular flexibility index (Phi) is 5.43. The van der Waals surface area contributed by atoms with Gasteiger partial charge in [0.2, 0.25) is 0 Å². The molecule has 3 heterocycles. The van der Waals surface area contributed by atoms with Crippen molar-refractivity contribution in [2.75, 3.05) is 7.11 Å². The van der Waals surface area contributed by atoms with Crippen LogP contribution in [0.1, 0.15) is 52.5 Å². The summed E-state index contributed by atoms with van der Waals surface area (Å²) in [6.45, 7) is 1.80. The third kappa shape index (κ3) is 3.92. The number of aromatic nitrogens is 2. The second-order valence-electron chi connectivity index (χ2n) is 7.68. The predicted octanol–water partition coefficient (Wildman–Crippen LogP) is 1.78. The topological polar surface area (TPSA) is 112 Å². The lowest BCUT2D eigenvalue weighted by molar-refractivity contribution is 0.0909. The fraction of sp³-hybridized carbons (Fsp3) is 0.429. The first-order valence-corrected chi connectivity index (χ1v) is 9.76. The number of ether oxygens (including phenoxy) is 1. The number of nitrogens with zero attached hydrogens (tertiary/aromatic N) is 3. The third-order valence-electron chi connectivity index (χ3n) is 5.84. The van der Waals surface area contributed by atoms with E-state index in [1.54, 1.807) is 26.3 Å². The molecule has 1 aliphatic carbocycles. The quantitative estimate of drug-likeness (QED) is 0.727. The third-order valence-corrected chi connectivity index (χ3v) is 5.84. The normalized spacial score (nSPS) is 25.7. The molecule has 1 saturated carbocycles. The summed E-state index contributed by atoms with van der Waals surface area (Å²) in [5.41, 5.74) is 9.40. The maximum absolute atomic E-state index is 12.7. The highest BCUT2D eigenvalue weighted by Gasteiger charge is 2.41. The molecular formula is C21H24N6O2. The Morgan fingerprint density at radius 3 is 2.90 bits per heavy atom. The molecule has 1 amide bonds. The van der Waals surface area contributed by atoms with Crippen LogP contribution in [0.5, 0.6) is 5.75 Å². The molecule has 2 aliphatic rings. The Bertz CT molecular complexity index is 956. The van der Waals surface area contributed by atoms with E-state index in [2.05, 4.69) is 26.1 Å². The minimum absolute atomic E-state index is 0.0726. The molecule has 1 aliphatic heterocycles. The first kappa shape index (κ1) is 19.3. The van der Waals surface area contributed by atoms with E-state index in [-0.39, 0.29) is 18.0 Å². The lowest BCUT2D eigenvalue weighted by Crippen LogP contribution is -2.44. The number of hydrogen-bond donors (Lipinski definition) is 3. The number of hydrogen-bond acceptors (Lipinski definition) is 7. The van der Waals surface area contributed by atoms with Crippen LogP contribution < -0.4 is 20.9 Å². The van der Waals surface area contributed by atoms with Crippen molar-refractivity contribution in [2.45, 2.75) is 44.3 Å². The van der Waals surface area contributed by atoms with Crippen molar-refractivity contribution >= 4 is 5.91 Å². The molecule has 4 atom stereocenters. The molecular weight excluding hydrogens is 368 g/mol. The molecule has 2 fully saturated rings. The Labute approximate surface area is 169 Å². The molecule has 29 heavy (non-hydrogen) atoms. The molecule has 4 unspecified atom stereocenters. The fourth-order valence-corrected chi connectivity index (χ4v) is 4.36. The molecule has 4 rings (SSSR count). The summed E-state index contributed by atoms with van der Waals surface area (Å²) in [6.07, 6.45) is 7.72. The van der Waals surface area contributed by atoms with E-state index in [0.717, 1.165) is 30.6 Å². The van der Waals surface area contributed by atoms with Crippen molar-refractivity contribution in [3.8, 4) is 11.8 Å². The molecule has 0 aromatic carbocycles. The van der Waals surface area contributed by atoms with Crippen LogP contribution in [0.4, 0.5) is 0 Å². The molecule has 0 radical (unpaired) electrons. The maximum Gasteiger partial charge on any atom is 0.270 e. The van der Waals surface area contributed by atoms with E-state index in [4.69, 9.17) is 10.00 Å². The van der Waals surface area contributed by atoms with Crippen molar-refractivity contribution in [2.24, 2.45) is 5.92 Å². The summed E-state index contributed by atoms with van der Waals surface area (Å²) in [5.74, 6) is 0.878. The van der Waals surface area contributed by atoms with Gasteiger partial charge in [-0.1, -0.05) is 0 Å². The van der Waals surface area contributed by atoms with Crippen molar-refractivity contribution in [1.29, 1.82) is 5.26 Å². The molecule has 2 aromatic rings. The largest absolute Gasteiger partial charge is 0.495 e. The van der Waals surface area contributed by atoms with E-state index in [9.17, 15) is 4.79 Å². The van der Waals surface area contributed by atoms with E-state index in [0.29, 0.717) is 28.8 Å². The van der Waals surface area contributed by atoms with Crippen LogP contribution in [0.15, 0.2) is 30.7 Å². The van der Waals surface area contributed by atoms with Crippen LogP contribution in [-0.4, -0.2) is 35.1 Å². The number of hydrazine groups is 1. The number of fused-ring (bicyclic) bond motifs is 1. The monoisotopic (exact) mass is 392 g/mol. The lowest BCUT2D eigenvalue weighted by atomic mass is 9.77. The highest BCUT2D eigenvalue weighted by Crippen LogP contribution is 2.38. The number of carbonyl (C=O) groups excluding carboxylic acids is 1. The molecule has 150 valence electrons. The first-order valence-electron chi connectivity index (χ1n) is 9.76. The van der Waals surface area contributed by atoms with Gasteiger partial charge in [-0.2, -0.15) is 5.26 Å². The average molecular weight is 392 g/mol. The molecule has 8 nitrogen and oxygen atoms in total. The van der Waals surface area contributed by atoms with Crippen LogP contribution in [0, 0.1) is 24.2 Å². The number of pyridine rings is 2. The number of rotatable bonds is 4. The number of nitriles is 1. The van der Waals surface area contributed by atoms with Gasteiger partial charge in [-0.25, -0.2) is 10.4 Å². The van der Waals surface area contributed by atoms with Gasteiger partial charge in [0.25, 0.3) is 5.91 Å². The number of aryl methyl sites for hydroxylation is 1. The average Bonchev–Trinajstić information content (AvgIpc) is 3.16. The van der Waals surface area contributed by atoms with E-state index in [1.807, 2.05) is 18.3 Å².